The molecular formula is C13H22O. The largest absolute Gasteiger partial charge is 0.374 e. The summed E-state index contributed by atoms with van der Waals surface area (Å²) in [6.45, 7) is 1.09. The second-order valence-corrected chi connectivity index (χ2v) is 5.89. The third kappa shape index (κ3) is 1.41. The van der Waals surface area contributed by atoms with E-state index in [0.717, 1.165) is 6.61 Å². The van der Waals surface area contributed by atoms with Gasteiger partial charge in [0.1, 0.15) is 0 Å². The van der Waals surface area contributed by atoms with E-state index in [-0.39, 0.29) is 0 Å². The second-order valence-electron chi connectivity index (χ2n) is 5.89. The van der Waals surface area contributed by atoms with Gasteiger partial charge in [0, 0.05) is 0 Å². The summed E-state index contributed by atoms with van der Waals surface area (Å²) in [5, 5.41) is 0. The first-order chi connectivity index (χ1) is 6.83. The highest BCUT2D eigenvalue weighted by Crippen LogP contribution is 2.51. The van der Waals surface area contributed by atoms with Gasteiger partial charge in [-0.25, -0.2) is 0 Å². The van der Waals surface area contributed by atoms with Crippen molar-refractivity contribution in [2.45, 2.75) is 69.8 Å². The van der Waals surface area contributed by atoms with Gasteiger partial charge in [0.15, 0.2) is 0 Å². The van der Waals surface area contributed by atoms with Crippen molar-refractivity contribution in [1.82, 2.24) is 0 Å². The van der Waals surface area contributed by atoms with Crippen LogP contribution in [0.2, 0.25) is 0 Å². The van der Waals surface area contributed by atoms with E-state index < -0.39 is 0 Å². The SMILES string of the molecule is C1CCC2(C1)CCC1(CCCC1)OC2. The van der Waals surface area contributed by atoms with Crippen LogP contribution in [0.5, 0.6) is 0 Å². The third-order valence-corrected chi connectivity index (χ3v) is 4.97. The van der Waals surface area contributed by atoms with Gasteiger partial charge < -0.3 is 4.74 Å². The van der Waals surface area contributed by atoms with Gasteiger partial charge in [-0.2, -0.15) is 0 Å². The summed E-state index contributed by atoms with van der Waals surface area (Å²) in [7, 11) is 0. The monoisotopic (exact) mass is 194 g/mol. The zero-order valence-electron chi connectivity index (χ0n) is 9.19. The summed E-state index contributed by atoms with van der Waals surface area (Å²) in [5.74, 6) is 0. The number of hydrogen-bond donors (Lipinski definition) is 0. The topological polar surface area (TPSA) is 9.23 Å². The predicted octanol–water partition coefficient (Wildman–Crippen LogP) is 3.67. The molecule has 1 aliphatic heterocycles. The fourth-order valence-electron chi connectivity index (χ4n) is 3.88. The summed E-state index contributed by atoms with van der Waals surface area (Å²) < 4.78 is 6.26. The smallest absolute Gasteiger partial charge is 0.0683 e. The molecule has 0 radical (unpaired) electrons. The van der Waals surface area contributed by atoms with E-state index >= 15 is 0 Å². The fourth-order valence-corrected chi connectivity index (χ4v) is 3.88. The van der Waals surface area contributed by atoms with Gasteiger partial charge in [-0.05, 0) is 43.9 Å². The van der Waals surface area contributed by atoms with Crippen molar-refractivity contribution in [1.29, 1.82) is 0 Å². The number of rotatable bonds is 0. The molecule has 0 aromatic heterocycles. The highest BCUT2D eigenvalue weighted by molar-refractivity contribution is 4.96. The van der Waals surface area contributed by atoms with Gasteiger partial charge in [0.25, 0.3) is 0 Å². The van der Waals surface area contributed by atoms with Crippen molar-refractivity contribution in [2.75, 3.05) is 6.61 Å². The Morgan fingerprint density at radius 1 is 0.643 bits per heavy atom. The first-order valence-electron chi connectivity index (χ1n) is 6.47. The summed E-state index contributed by atoms with van der Waals surface area (Å²) in [5.41, 5.74) is 0.988. The van der Waals surface area contributed by atoms with Crippen molar-refractivity contribution in [3.05, 3.63) is 0 Å². The molecule has 14 heavy (non-hydrogen) atoms. The van der Waals surface area contributed by atoms with E-state index in [1.54, 1.807) is 0 Å². The molecule has 0 aromatic carbocycles. The molecule has 1 heteroatoms. The number of ether oxygens (including phenoxy) is 1. The Bertz CT molecular complexity index is 173. The van der Waals surface area contributed by atoms with Crippen molar-refractivity contribution < 1.29 is 4.74 Å². The minimum atomic E-state index is 0.355. The maximum atomic E-state index is 6.26. The molecule has 3 aliphatic rings. The maximum Gasteiger partial charge on any atom is 0.0683 e. The number of hydrogen-bond acceptors (Lipinski definition) is 1. The lowest BCUT2D eigenvalue weighted by molar-refractivity contribution is -0.128. The molecule has 2 spiro atoms. The molecule has 3 rings (SSSR count). The van der Waals surface area contributed by atoms with Crippen LogP contribution in [0.15, 0.2) is 0 Å². The molecule has 0 unspecified atom stereocenters. The lowest BCUT2D eigenvalue weighted by Gasteiger charge is -2.43. The Morgan fingerprint density at radius 3 is 1.86 bits per heavy atom. The molecule has 0 bridgehead atoms. The second kappa shape index (κ2) is 3.23. The Hall–Kier alpha value is -0.0400. The van der Waals surface area contributed by atoms with E-state index in [1.807, 2.05) is 0 Å². The normalized spacial score (nSPS) is 34.3. The Kier molecular flexibility index (Phi) is 2.12. The van der Waals surface area contributed by atoms with Crippen LogP contribution in [0.25, 0.3) is 0 Å². The molecule has 3 fully saturated rings. The van der Waals surface area contributed by atoms with E-state index in [1.165, 1.54) is 64.2 Å². The van der Waals surface area contributed by atoms with E-state index in [9.17, 15) is 0 Å². The minimum Gasteiger partial charge on any atom is -0.374 e. The van der Waals surface area contributed by atoms with Crippen LogP contribution in [-0.2, 0) is 4.74 Å². The Balaban J connectivity index is 1.66. The van der Waals surface area contributed by atoms with Gasteiger partial charge in [-0.1, -0.05) is 25.7 Å². The average Bonchev–Trinajstić information content (AvgIpc) is 2.81. The van der Waals surface area contributed by atoms with Crippen molar-refractivity contribution in [3.8, 4) is 0 Å². The molecular weight excluding hydrogens is 172 g/mol. The molecule has 0 atom stereocenters. The maximum absolute atomic E-state index is 6.26. The van der Waals surface area contributed by atoms with Crippen LogP contribution in [0.1, 0.15) is 64.2 Å². The molecule has 1 saturated heterocycles. The van der Waals surface area contributed by atoms with E-state index in [2.05, 4.69) is 0 Å². The molecule has 1 heterocycles. The van der Waals surface area contributed by atoms with Crippen molar-refractivity contribution in [3.63, 3.8) is 0 Å². The highest BCUT2D eigenvalue weighted by Gasteiger charge is 2.45. The lowest BCUT2D eigenvalue weighted by Crippen LogP contribution is -2.41. The highest BCUT2D eigenvalue weighted by atomic mass is 16.5. The molecule has 2 aliphatic carbocycles. The minimum absolute atomic E-state index is 0.355. The molecule has 0 N–H and O–H groups in total. The van der Waals surface area contributed by atoms with E-state index in [4.69, 9.17) is 4.74 Å². The van der Waals surface area contributed by atoms with Gasteiger partial charge >= 0.3 is 0 Å². The Labute approximate surface area is 87.2 Å². The third-order valence-electron chi connectivity index (χ3n) is 4.97. The summed E-state index contributed by atoms with van der Waals surface area (Å²) in [6, 6.07) is 0. The molecule has 80 valence electrons. The molecule has 0 amide bonds. The van der Waals surface area contributed by atoms with Crippen LogP contribution >= 0.6 is 0 Å². The summed E-state index contributed by atoms with van der Waals surface area (Å²) in [4.78, 5) is 0. The predicted molar refractivity (Wildman–Crippen MR) is 57.3 cm³/mol. The zero-order chi connectivity index (χ0) is 9.49. The van der Waals surface area contributed by atoms with Crippen LogP contribution in [0.3, 0.4) is 0 Å². The fraction of sp³-hybridized carbons (Fsp3) is 1.00. The van der Waals surface area contributed by atoms with Crippen LogP contribution < -0.4 is 0 Å². The van der Waals surface area contributed by atoms with Crippen LogP contribution in [0.4, 0.5) is 0 Å². The van der Waals surface area contributed by atoms with E-state index in [0.29, 0.717) is 11.0 Å². The first-order valence-corrected chi connectivity index (χ1v) is 6.47. The standard InChI is InChI=1S/C13H22O/c1-2-6-12(5-1)9-10-13(14-11-12)7-3-4-8-13/h1-11H2. The quantitative estimate of drug-likeness (QED) is 0.571. The van der Waals surface area contributed by atoms with Crippen LogP contribution in [0, 0.1) is 5.41 Å². The van der Waals surface area contributed by atoms with Gasteiger partial charge in [-0.3, -0.25) is 0 Å². The van der Waals surface area contributed by atoms with Crippen molar-refractivity contribution in [2.24, 2.45) is 5.41 Å². The van der Waals surface area contributed by atoms with Crippen molar-refractivity contribution >= 4 is 0 Å². The molecule has 0 aromatic rings. The van der Waals surface area contributed by atoms with Gasteiger partial charge in [-0.15, -0.1) is 0 Å². The summed E-state index contributed by atoms with van der Waals surface area (Å²) in [6.07, 6.45) is 14.2. The van der Waals surface area contributed by atoms with Gasteiger partial charge in [0.05, 0.1) is 12.2 Å². The van der Waals surface area contributed by atoms with Gasteiger partial charge in [0.2, 0.25) is 0 Å². The first kappa shape index (κ1) is 9.21. The van der Waals surface area contributed by atoms with Crippen LogP contribution in [-0.4, -0.2) is 12.2 Å². The summed E-state index contributed by atoms with van der Waals surface area (Å²) >= 11 is 0. The molecule has 2 saturated carbocycles. The Morgan fingerprint density at radius 2 is 1.29 bits per heavy atom. The lowest BCUT2D eigenvalue weighted by atomic mass is 9.76. The average molecular weight is 194 g/mol. The zero-order valence-corrected chi connectivity index (χ0v) is 9.19. The molecule has 1 nitrogen and oxygen atoms in total.